The molecular formula is C13H12Cl2N2O4S. The average Bonchev–Trinajstić information content (AvgIpc) is 2.81. The average molecular weight is 363 g/mol. The molecule has 0 bridgehead atoms. The molecule has 22 heavy (non-hydrogen) atoms. The highest BCUT2D eigenvalue weighted by atomic mass is 35.5. The third kappa shape index (κ3) is 2.79. The Morgan fingerprint density at radius 1 is 1.18 bits per heavy atom. The number of carbonyl (C=O) groups is 1. The topological polar surface area (TPSA) is 79.6 Å². The van der Waals surface area contributed by atoms with Gasteiger partial charge in [-0.3, -0.25) is 0 Å². The molecule has 2 rings (SSSR count). The van der Waals surface area contributed by atoms with Crippen molar-refractivity contribution in [3.05, 3.63) is 46.2 Å². The number of hydrogen-bond acceptors (Lipinski definition) is 4. The van der Waals surface area contributed by atoms with Crippen molar-refractivity contribution < 1.29 is 18.3 Å². The summed E-state index contributed by atoms with van der Waals surface area (Å²) < 4.78 is 25.9. The van der Waals surface area contributed by atoms with Crippen LogP contribution in [0.3, 0.4) is 0 Å². The molecule has 0 saturated carbocycles. The largest absolute Gasteiger partial charge is 0.477 e. The number of halogens is 2. The fourth-order valence-electron chi connectivity index (χ4n) is 1.88. The van der Waals surface area contributed by atoms with Crippen molar-refractivity contribution in [3.63, 3.8) is 0 Å². The number of hydrogen-bond donors (Lipinski definition) is 1. The number of aromatic carboxylic acids is 1. The van der Waals surface area contributed by atoms with Gasteiger partial charge >= 0.3 is 5.97 Å². The number of nitrogens with zero attached hydrogens (tertiary/aromatic N) is 2. The second-order valence-electron chi connectivity index (χ2n) is 4.63. The maximum atomic E-state index is 12.7. The molecule has 118 valence electrons. The van der Waals surface area contributed by atoms with Crippen molar-refractivity contribution in [2.75, 3.05) is 19.0 Å². The lowest BCUT2D eigenvalue weighted by atomic mass is 10.3. The minimum absolute atomic E-state index is 0.0210. The molecule has 0 radical (unpaired) electrons. The molecule has 0 atom stereocenters. The zero-order chi connectivity index (χ0) is 16.7. The molecule has 1 aromatic heterocycles. The molecule has 0 saturated heterocycles. The fourth-order valence-corrected chi connectivity index (χ4v) is 4.20. The Labute approximate surface area is 137 Å². The van der Waals surface area contributed by atoms with Gasteiger partial charge in [0.05, 0.1) is 5.02 Å². The monoisotopic (exact) mass is 362 g/mol. The molecule has 1 heterocycles. The van der Waals surface area contributed by atoms with Gasteiger partial charge in [-0.1, -0.05) is 23.2 Å². The maximum absolute atomic E-state index is 12.7. The molecule has 0 amide bonds. The van der Waals surface area contributed by atoms with Crippen LogP contribution in [0.5, 0.6) is 0 Å². The van der Waals surface area contributed by atoms with Gasteiger partial charge in [-0.25, -0.2) is 17.2 Å². The quantitative estimate of drug-likeness (QED) is 0.904. The summed E-state index contributed by atoms with van der Waals surface area (Å²) in [6.45, 7) is 0. The van der Waals surface area contributed by atoms with Gasteiger partial charge in [0.25, 0.3) is 10.0 Å². The van der Waals surface area contributed by atoms with E-state index in [9.17, 15) is 13.2 Å². The summed E-state index contributed by atoms with van der Waals surface area (Å²) in [5, 5.41) is 8.84. The first kappa shape index (κ1) is 16.7. The third-order valence-electron chi connectivity index (χ3n) is 2.96. The maximum Gasteiger partial charge on any atom is 0.353 e. The fraction of sp³-hybridized carbons (Fsp3) is 0.154. The van der Waals surface area contributed by atoms with Gasteiger partial charge in [0.2, 0.25) is 0 Å². The molecule has 0 aliphatic carbocycles. The molecule has 1 aromatic carbocycles. The van der Waals surface area contributed by atoms with Crippen molar-refractivity contribution in [1.29, 1.82) is 0 Å². The Hall–Kier alpha value is -1.70. The summed E-state index contributed by atoms with van der Waals surface area (Å²) >= 11 is 11.9. The van der Waals surface area contributed by atoms with Crippen LogP contribution in [0, 0.1) is 0 Å². The van der Waals surface area contributed by atoms with Crippen LogP contribution in [0.15, 0.2) is 35.2 Å². The van der Waals surface area contributed by atoms with Gasteiger partial charge in [-0.15, -0.1) is 0 Å². The zero-order valence-corrected chi connectivity index (χ0v) is 13.9. The van der Waals surface area contributed by atoms with Crippen LogP contribution in [0.25, 0.3) is 0 Å². The Morgan fingerprint density at radius 3 is 2.32 bits per heavy atom. The standard InChI is InChI=1S/C13H12Cl2N2O4S/c1-16(2)8-3-5-11(9(14)7-8)22(20,21)17-10(13(18)19)4-6-12(17)15/h3-7H,1-2H3,(H,18,19). The number of anilines is 1. The lowest BCUT2D eigenvalue weighted by Crippen LogP contribution is -2.19. The summed E-state index contributed by atoms with van der Waals surface area (Å²) in [5.74, 6) is -1.41. The molecule has 6 nitrogen and oxygen atoms in total. The smallest absolute Gasteiger partial charge is 0.353 e. The van der Waals surface area contributed by atoms with E-state index in [2.05, 4.69) is 0 Å². The number of benzene rings is 1. The van der Waals surface area contributed by atoms with Crippen molar-refractivity contribution in [2.24, 2.45) is 0 Å². The van der Waals surface area contributed by atoms with E-state index in [4.69, 9.17) is 28.3 Å². The summed E-state index contributed by atoms with van der Waals surface area (Å²) in [7, 11) is -0.656. The van der Waals surface area contributed by atoms with E-state index < -0.39 is 21.7 Å². The van der Waals surface area contributed by atoms with Gasteiger partial charge in [0.15, 0.2) is 0 Å². The molecular weight excluding hydrogens is 351 g/mol. The van der Waals surface area contributed by atoms with Crippen LogP contribution < -0.4 is 4.90 Å². The highest BCUT2D eigenvalue weighted by Gasteiger charge is 2.27. The normalized spacial score (nSPS) is 11.5. The Morgan fingerprint density at radius 2 is 1.82 bits per heavy atom. The van der Waals surface area contributed by atoms with E-state index in [1.807, 2.05) is 0 Å². The van der Waals surface area contributed by atoms with Crippen LogP contribution in [0.1, 0.15) is 10.5 Å². The van der Waals surface area contributed by atoms with Crippen molar-refractivity contribution in [2.45, 2.75) is 4.90 Å². The third-order valence-corrected chi connectivity index (χ3v) is 5.57. The minimum atomic E-state index is -4.22. The second kappa shape index (κ2) is 5.83. The van der Waals surface area contributed by atoms with E-state index in [-0.39, 0.29) is 15.1 Å². The number of carboxylic acid groups (broad SMARTS) is 1. The van der Waals surface area contributed by atoms with E-state index in [1.54, 1.807) is 25.1 Å². The van der Waals surface area contributed by atoms with Gasteiger partial charge < -0.3 is 10.0 Å². The van der Waals surface area contributed by atoms with Gasteiger partial charge in [-0.2, -0.15) is 0 Å². The van der Waals surface area contributed by atoms with Gasteiger partial charge in [0, 0.05) is 19.8 Å². The summed E-state index contributed by atoms with van der Waals surface area (Å²) in [4.78, 5) is 12.7. The Kier molecular flexibility index (Phi) is 4.42. The van der Waals surface area contributed by atoms with E-state index in [1.165, 1.54) is 18.2 Å². The predicted octanol–water partition coefficient (Wildman–Crippen LogP) is 2.80. The lowest BCUT2D eigenvalue weighted by molar-refractivity contribution is 0.0689. The van der Waals surface area contributed by atoms with Gasteiger partial charge in [0.1, 0.15) is 15.7 Å². The Bertz CT molecular complexity index is 844. The van der Waals surface area contributed by atoms with Crippen LogP contribution in [0.2, 0.25) is 10.2 Å². The molecule has 0 aliphatic rings. The number of carboxylic acids is 1. The van der Waals surface area contributed by atoms with Crippen LogP contribution in [0.4, 0.5) is 5.69 Å². The van der Waals surface area contributed by atoms with Crippen LogP contribution >= 0.6 is 23.2 Å². The molecule has 0 unspecified atom stereocenters. The van der Waals surface area contributed by atoms with E-state index in [0.717, 1.165) is 6.07 Å². The number of rotatable bonds is 4. The Balaban J connectivity index is 2.67. The molecule has 9 heteroatoms. The zero-order valence-electron chi connectivity index (χ0n) is 11.6. The molecule has 2 aromatic rings. The number of aromatic nitrogens is 1. The lowest BCUT2D eigenvalue weighted by Gasteiger charge is -2.15. The van der Waals surface area contributed by atoms with Crippen LogP contribution in [-0.4, -0.2) is 37.6 Å². The SMILES string of the molecule is CN(C)c1ccc(S(=O)(=O)n2c(Cl)ccc2C(=O)O)c(Cl)c1. The second-order valence-corrected chi connectivity index (χ2v) is 7.17. The van der Waals surface area contributed by atoms with Crippen molar-refractivity contribution in [3.8, 4) is 0 Å². The molecule has 0 aliphatic heterocycles. The summed E-state index contributed by atoms with van der Waals surface area (Å²) in [6, 6.07) is 6.67. The minimum Gasteiger partial charge on any atom is -0.477 e. The van der Waals surface area contributed by atoms with Crippen molar-refractivity contribution in [1.82, 2.24) is 3.97 Å². The van der Waals surface area contributed by atoms with E-state index in [0.29, 0.717) is 9.66 Å². The first-order valence-electron chi connectivity index (χ1n) is 5.99. The first-order valence-corrected chi connectivity index (χ1v) is 8.19. The predicted molar refractivity (Wildman–Crippen MR) is 84.8 cm³/mol. The highest BCUT2D eigenvalue weighted by Crippen LogP contribution is 2.30. The van der Waals surface area contributed by atoms with E-state index >= 15 is 0 Å². The summed E-state index contributed by atoms with van der Waals surface area (Å²) in [6.07, 6.45) is 0. The molecule has 1 N–H and O–H groups in total. The first-order chi connectivity index (χ1) is 10.2. The molecule has 0 fully saturated rings. The van der Waals surface area contributed by atoms with Crippen LogP contribution in [-0.2, 0) is 10.0 Å². The summed E-state index contributed by atoms with van der Waals surface area (Å²) in [5.41, 5.74) is 0.249. The molecule has 0 spiro atoms. The van der Waals surface area contributed by atoms with Crippen molar-refractivity contribution >= 4 is 44.9 Å². The highest BCUT2D eigenvalue weighted by molar-refractivity contribution is 7.90. The van der Waals surface area contributed by atoms with Gasteiger partial charge in [-0.05, 0) is 30.3 Å².